The molecule has 3 aromatic rings. The number of hydrogen-bond donors (Lipinski definition) is 0. The van der Waals surface area contributed by atoms with Gasteiger partial charge in [-0.15, -0.1) is 0 Å². The lowest BCUT2D eigenvalue weighted by atomic mass is 9.97. The lowest BCUT2D eigenvalue weighted by molar-refractivity contribution is 0.0663. The molecule has 2 aliphatic heterocycles. The molecule has 0 aliphatic carbocycles. The Bertz CT molecular complexity index is 1250. The van der Waals surface area contributed by atoms with Gasteiger partial charge >= 0.3 is 0 Å². The van der Waals surface area contributed by atoms with E-state index in [-0.39, 0.29) is 23.8 Å². The van der Waals surface area contributed by atoms with Crippen LogP contribution in [0.2, 0.25) is 0 Å². The van der Waals surface area contributed by atoms with Gasteiger partial charge in [-0.2, -0.15) is 5.10 Å². The van der Waals surface area contributed by atoms with E-state index in [1.807, 2.05) is 47.7 Å². The summed E-state index contributed by atoms with van der Waals surface area (Å²) in [6, 6.07) is 11.7. The van der Waals surface area contributed by atoms with Gasteiger partial charge < -0.3 is 14.7 Å². The summed E-state index contributed by atoms with van der Waals surface area (Å²) in [4.78, 5) is 41.6. The van der Waals surface area contributed by atoms with Crippen LogP contribution < -0.4 is 4.90 Å². The highest BCUT2D eigenvalue weighted by Crippen LogP contribution is 2.40. The normalized spacial score (nSPS) is 18.2. The number of rotatable bonds is 5. The van der Waals surface area contributed by atoms with Crippen molar-refractivity contribution in [3.63, 3.8) is 0 Å². The van der Waals surface area contributed by atoms with Gasteiger partial charge in [0.05, 0.1) is 5.92 Å². The van der Waals surface area contributed by atoms with E-state index in [1.54, 1.807) is 29.6 Å². The molecular weight excluding hydrogens is 454 g/mol. The number of pyridine rings is 1. The standard InChI is InChI=1S/C27H33N7O2/c1-18(2)34-17-29-25(30-34)22-16-33(27(36)23-7-5-6-12-28-23)24-9-8-19(15-21(22)24)26(35)32-13-10-20(11-14-32)31(3)4/h5-9,12,15,17-18,20,22H,10-11,13-14,16H2,1-4H3/t22-/m0/s1. The van der Waals surface area contributed by atoms with Crippen LogP contribution >= 0.6 is 0 Å². The number of hydrogen-bond acceptors (Lipinski definition) is 6. The van der Waals surface area contributed by atoms with Crippen molar-refractivity contribution >= 4 is 17.5 Å². The minimum atomic E-state index is -0.222. The first-order valence-corrected chi connectivity index (χ1v) is 12.6. The SMILES string of the molecule is CC(C)n1cnc([C@H]2CN(C(=O)c3ccccn3)c3ccc(C(=O)N4CCC(N(C)C)CC4)cc32)n1. The fourth-order valence-corrected chi connectivity index (χ4v) is 5.10. The molecule has 36 heavy (non-hydrogen) atoms. The number of nitrogens with zero attached hydrogens (tertiary/aromatic N) is 7. The van der Waals surface area contributed by atoms with E-state index in [2.05, 4.69) is 29.0 Å². The van der Waals surface area contributed by atoms with Crippen LogP contribution in [0.4, 0.5) is 5.69 Å². The summed E-state index contributed by atoms with van der Waals surface area (Å²) >= 11 is 0. The summed E-state index contributed by atoms with van der Waals surface area (Å²) < 4.78 is 1.82. The van der Waals surface area contributed by atoms with Crippen LogP contribution in [0.15, 0.2) is 48.9 Å². The van der Waals surface area contributed by atoms with Crippen LogP contribution in [0.3, 0.4) is 0 Å². The molecule has 0 unspecified atom stereocenters. The fraction of sp³-hybridized carbons (Fsp3) is 0.444. The summed E-state index contributed by atoms with van der Waals surface area (Å²) in [6.07, 6.45) is 5.28. The molecule has 0 spiro atoms. The van der Waals surface area contributed by atoms with Gasteiger partial charge in [0.1, 0.15) is 12.0 Å². The van der Waals surface area contributed by atoms with Crippen molar-refractivity contribution in [3.05, 3.63) is 71.6 Å². The molecule has 1 fully saturated rings. The third-order valence-electron chi connectivity index (χ3n) is 7.28. The number of fused-ring (bicyclic) bond motifs is 1. The Labute approximate surface area is 211 Å². The summed E-state index contributed by atoms with van der Waals surface area (Å²) in [5, 5.41) is 4.70. The number of carbonyl (C=O) groups is 2. The Balaban J connectivity index is 1.47. The van der Waals surface area contributed by atoms with Crippen LogP contribution in [0, 0.1) is 0 Å². The molecule has 9 nitrogen and oxygen atoms in total. The topological polar surface area (TPSA) is 87.5 Å². The van der Waals surface area contributed by atoms with Gasteiger partial charge in [-0.25, -0.2) is 4.98 Å². The maximum atomic E-state index is 13.4. The quantitative estimate of drug-likeness (QED) is 0.549. The van der Waals surface area contributed by atoms with Crippen LogP contribution in [0.1, 0.15) is 70.9 Å². The first-order valence-electron chi connectivity index (χ1n) is 12.6. The Morgan fingerprint density at radius 1 is 1.03 bits per heavy atom. The average molecular weight is 488 g/mol. The van der Waals surface area contributed by atoms with E-state index < -0.39 is 0 Å². The summed E-state index contributed by atoms with van der Waals surface area (Å²) in [5.74, 6) is 0.286. The van der Waals surface area contributed by atoms with Crippen molar-refractivity contribution < 1.29 is 9.59 Å². The highest BCUT2D eigenvalue weighted by molar-refractivity contribution is 6.07. The molecule has 9 heteroatoms. The molecule has 0 saturated carbocycles. The third kappa shape index (κ3) is 4.51. The van der Waals surface area contributed by atoms with Crippen molar-refractivity contribution in [3.8, 4) is 0 Å². The minimum Gasteiger partial charge on any atom is -0.339 e. The predicted molar refractivity (Wildman–Crippen MR) is 137 cm³/mol. The smallest absolute Gasteiger partial charge is 0.276 e. The second-order valence-electron chi connectivity index (χ2n) is 10.1. The van der Waals surface area contributed by atoms with Gasteiger partial charge in [-0.05, 0) is 76.7 Å². The molecule has 1 saturated heterocycles. The molecule has 2 aliphatic rings. The van der Waals surface area contributed by atoms with Gasteiger partial charge in [-0.3, -0.25) is 19.3 Å². The van der Waals surface area contributed by atoms with E-state index in [0.29, 0.717) is 29.7 Å². The van der Waals surface area contributed by atoms with E-state index >= 15 is 0 Å². The molecule has 2 aromatic heterocycles. The lowest BCUT2D eigenvalue weighted by Crippen LogP contribution is -2.44. The highest BCUT2D eigenvalue weighted by atomic mass is 16.2. The second kappa shape index (κ2) is 9.81. The Kier molecular flexibility index (Phi) is 6.57. The van der Waals surface area contributed by atoms with E-state index in [9.17, 15) is 9.59 Å². The Morgan fingerprint density at radius 2 is 1.81 bits per heavy atom. The van der Waals surface area contributed by atoms with E-state index in [4.69, 9.17) is 5.10 Å². The molecule has 0 radical (unpaired) electrons. The zero-order valence-electron chi connectivity index (χ0n) is 21.3. The monoisotopic (exact) mass is 487 g/mol. The molecule has 1 atom stereocenters. The summed E-state index contributed by atoms with van der Waals surface area (Å²) in [7, 11) is 4.19. The number of aromatic nitrogens is 4. The molecule has 0 bridgehead atoms. The maximum Gasteiger partial charge on any atom is 0.276 e. The second-order valence-corrected chi connectivity index (χ2v) is 10.1. The van der Waals surface area contributed by atoms with Crippen LogP contribution in [0.25, 0.3) is 0 Å². The number of likely N-dealkylation sites (tertiary alicyclic amines) is 1. The lowest BCUT2D eigenvalue weighted by Gasteiger charge is -2.35. The predicted octanol–water partition coefficient (Wildman–Crippen LogP) is 3.21. The molecule has 0 N–H and O–H groups in total. The fourth-order valence-electron chi connectivity index (χ4n) is 5.10. The highest BCUT2D eigenvalue weighted by Gasteiger charge is 2.37. The van der Waals surface area contributed by atoms with Gasteiger partial charge in [0.2, 0.25) is 0 Å². The maximum absolute atomic E-state index is 13.4. The summed E-state index contributed by atoms with van der Waals surface area (Å²) in [6.45, 7) is 5.99. The zero-order chi connectivity index (χ0) is 25.4. The molecule has 188 valence electrons. The number of carbonyl (C=O) groups excluding carboxylic acids is 2. The average Bonchev–Trinajstić information content (AvgIpc) is 3.53. The first-order chi connectivity index (χ1) is 17.3. The van der Waals surface area contributed by atoms with Gasteiger partial charge in [0, 0.05) is 49.2 Å². The molecule has 2 amide bonds. The zero-order valence-corrected chi connectivity index (χ0v) is 21.3. The number of amides is 2. The Morgan fingerprint density at radius 3 is 2.44 bits per heavy atom. The van der Waals surface area contributed by atoms with Gasteiger partial charge in [-0.1, -0.05) is 6.07 Å². The van der Waals surface area contributed by atoms with Gasteiger partial charge in [0.15, 0.2) is 5.82 Å². The van der Waals surface area contributed by atoms with Crippen molar-refractivity contribution in [2.75, 3.05) is 38.6 Å². The first kappa shape index (κ1) is 24.1. The van der Waals surface area contributed by atoms with E-state index in [1.165, 1.54) is 0 Å². The minimum absolute atomic E-state index is 0.0314. The van der Waals surface area contributed by atoms with Crippen LogP contribution in [-0.2, 0) is 0 Å². The van der Waals surface area contributed by atoms with Crippen LogP contribution in [-0.4, -0.2) is 81.1 Å². The number of anilines is 1. The van der Waals surface area contributed by atoms with Crippen molar-refractivity contribution in [2.45, 2.75) is 44.7 Å². The van der Waals surface area contributed by atoms with Crippen LogP contribution in [0.5, 0.6) is 0 Å². The number of piperidine rings is 1. The van der Waals surface area contributed by atoms with Crippen molar-refractivity contribution in [1.82, 2.24) is 29.5 Å². The molecule has 1 aromatic carbocycles. The summed E-state index contributed by atoms with van der Waals surface area (Å²) in [5.41, 5.74) is 2.69. The molecule has 5 rings (SSSR count). The van der Waals surface area contributed by atoms with Crippen molar-refractivity contribution in [2.24, 2.45) is 0 Å². The van der Waals surface area contributed by atoms with Gasteiger partial charge in [0.25, 0.3) is 11.8 Å². The van der Waals surface area contributed by atoms with Crippen molar-refractivity contribution in [1.29, 1.82) is 0 Å². The Hall–Kier alpha value is -3.59. The largest absolute Gasteiger partial charge is 0.339 e. The van der Waals surface area contributed by atoms with E-state index in [0.717, 1.165) is 37.2 Å². The third-order valence-corrected chi connectivity index (χ3v) is 7.28. The molecular formula is C27H33N7O2. The number of benzene rings is 1. The molecule has 4 heterocycles.